The minimum Gasteiger partial charge on any atom is -0.325 e. The topological polar surface area (TPSA) is 26.0 Å². The summed E-state index contributed by atoms with van der Waals surface area (Å²) in [6.07, 6.45) is 0. The van der Waals surface area contributed by atoms with Gasteiger partial charge in [-0.3, -0.25) is 0 Å². The molecule has 0 saturated carbocycles. The lowest BCUT2D eigenvalue weighted by molar-refractivity contribution is 0.00252. The van der Waals surface area contributed by atoms with Gasteiger partial charge in [-0.15, -0.1) is 0 Å². The molecule has 0 heterocycles. The second-order valence-corrected chi connectivity index (χ2v) is 2.91. The minimum atomic E-state index is -3.41. The van der Waals surface area contributed by atoms with E-state index in [9.17, 15) is 13.2 Å². The maximum Gasteiger partial charge on any atom is 0.289 e. The molecule has 0 radical (unpaired) electrons. The van der Waals surface area contributed by atoms with E-state index in [0.717, 1.165) is 6.07 Å². The molecule has 0 atom stereocenters. The molecule has 1 aromatic carbocycles. The molecule has 0 fully saturated rings. The molecular formula is C8H7ClF3N. The van der Waals surface area contributed by atoms with Crippen molar-refractivity contribution < 1.29 is 13.2 Å². The highest BCUT2D eigenvalue weighted by Crippen LogP contribution is 2.34. The molecule has 0 unspecified atom stereocenters. The molecule has 0 aliphatic heterocycles. The quantitative estimate of drug-likeness (QED) is 0.796. The van der Waals surface area contributed by atoms with Crippen molar-refractivity contribution >= 4 is 11.6 Å². The number of hydrogen-bond acceptors (Lipinski definition) is 1. The molecular weight excluding hydrogens is 203 g/mol. The number of rotatable bonds is 2. The van der Waals surface area contributed by atoms with E-state index < -0.39 is 23.8 Å². The Morgan fingerprint density at radius 2 is 2.00 bits per heavy atom. The summed E-state index contributed by atoms with van der Waals surface area (Å²) in [5.41, 5.74) is 3.97. The Hall–Kier alpha value is -0.740. The van der Waals surface area contributed by atoms with Gasteiger partial charge < -0.3 is 5.73 Å². The molecule has 0 aliphatic rings. The molecule has 1 rings (SSSR count). The van der Waals surface area contributed by atoms with Crippen molar-refractivity contribution in [3.63, 3.8) is 0 Å². The molecule has 5 heteroatoms. The van der Waals surface area contributed by atoms with Gasteiger partial charge in [-0.05, 0) is 12.1 Å². The van der Waals surface area contributed by atoms with Crippen molar-refractivity contribution in [1.82, 2.24) is 0 Å². The summed E-state index contributed by atoms with van der Waals surface area (Å²) in [5.74, 6) is -4.45. The van der Waals surface area contributed by atoms with Crippen molar-refractivity contribution in [3.05, 3.63) is 34.6 Å². The maximum absolute atomic E-state index is 13.0. The lowest BCUT2D eigenvalue weighted by atomic mass is 10.1. The SMILES string of the molecule is NCC(F)(F)c1c(F)cccc1Cl. The molecule has 0 saturated heterocycles. The molecule has 0 aromatic heterocycles. The van der Waals surface area contributed by atoms with E-state index in [1.807, 2.05) is 0 Å². The first-order valence-corrected chi connectivity index (χ1v) is 3.89. The van der Waals surface area contributed by atoms with Crippen LogP contribution in [0.5, 0.6) is 0 Å². The van der Waals surface area contributed by atoms with Crippen LogP contribution in [0.15, 0.2) is 18.2 Å². The van der Waals surface area contributed by atoms with E-state index in [4.69, 9.17) is 17.3 Å². The van der Waals surface area contributed by atoms with Crippen molar-refractivity contribution in [2.24, 2.45) is 5.73 Å². The Morgan fingerprint density at radius 1 is 1.38 bits per heavy atom. The molecule has 0 bridgehead atoms. The second-order valence-electron chi connectivity index (χ2n) is 2.51. The van der Waals surface area contributed by atoms with Gasteiger partial charge in [0.15, 0.2) is 0 Å². The fraction of sp³-hybridized carbons (Fsp3) is 0.250. The molecule has 2 N–H and O–H groups in total. The van der Waals surface area contributed by atoms with Crippen molar-refractivity contribution in [2.45, 2.75) is 5.92 Å². The summed E-state index contributed by atoms with van der Waals surface area (Å²) in [6.45, 7) is -0.965. The molecule has 1 nitrogen and oxygen atoms in total. The molecule has 0 amide bonds. The van der Waals surface area contributed by atoms with E-state index in [1.165, 1.54) is 12.1 Å². The normalized spacial score (nSPS) is 11.8. The van der Waals surface area contributed by atoms with Gasteiger partial charge in [-0.2, -0.15) is 8.78 Å². The highest BCUT2D eigenvalue weighted by molar-refractivity contribution is 6.31. The van der Waals surface area contributed by atoms with Crippen LogP contribution in [-0.4, -0.2) is 6.54 Å². The minimum absolute atomic E-state index is 0.310. The third-order valence-electron chi connectivity index (χ3n) is 1.58. The van der Waals surface area contributed by atoms with Gasteiger partial charge in [0.2, 0.25) is 0 Å². The van der Waals surface area contributed by atoms with Crippen LogP contribution in [0.3, 0.4) is 0 Å². The molecule has 0 spiro atoms. The summed E-state index contributed by atoms with van der Waals surface area (Å²) >= 11 is 5.42. The highest BCUT2D eigenvalue weighted by atomic mass is 35.5. The van der Waals surface area contributed by atoms with E-state index >= 15 is 0 Å². The molecule has 1 aromatic rings. The first-order chi connectivity index (χ1) is 5.99. The lowest BCUT2D eigenvalue weighted by Crippen LogP contribution is -2.26. The smallest absolute Gasteiger partial charge is 0.289 e. The Bertz CT molecular complexity index is 294. The van der Waals surface area contributed by atoms with Gasteiger partial charge in [-0.25, -0.2) is 4.39 Å². The number of halogens is 4. The van der Waals surface area contributed by atoms with Gasteiger partial charge in [-0.1, -0.05) is 17.7 Å². The average Bonchev–Trinajstić information content (AvgIpc) is 2.03. The van der Waals surface area contributed by atoms with E-state index in [1.54, 1.807) is 0 Å². The summed E-state index contributed by atoms with van der Waals surface area (Å²) < 4.78 is 38.8. The van der Waals surface area contributed by atoms with Crippen LogP contribution in [-0.2, 0) is 5.92 Å². The summed E-state index contributed by atoms with van der Waals surface area (Å²) in [6, 6.07) is 3.38. The van der Waals surface area contributed by atoms with Crippen molar-refractivity contribution in [2.75, 3.05) is 6.54 Å². The van der Waals surface area contributed by atoms with Gasteiger partial charge in [0.05, 0.1) is 17.1 Å². The summed E-state index contributed by atoms with van der Waals surface area (Å²) in [7, 11) is 0. The van der Waals surface area contributed by atoms with Crippen LogP contribution in [0.25, 0.3) is 0 Å². The average molecular weight is 210 g/mol. The number of benzene rings is 1. The zero-order valence-electron chi connectivity index (χ0n) is 6.53. The summed E-state index contributed by atoms with van der Waals surface area (Å²) in [5, 5.41) is -0.310. The van der Waals surface area contributed by atoms with Gasteiger partial charge in [0.25, 0.3) is 5.92 Å². The lowest BCUT2D eigenvalue weighted by Gasteiger charge is -2.16. The molecule has 72 valence electrons. The first-order valence-electron chi connectivity index (χ1n) is 3.51. The number of nitrogens with two attached hydrogens (primary N) is 1. The molecule has 0 aliphatic carbocycles. The van der Waals surface area contributed by atoms with Gasteiger partial charge in [0.1, 0.15) is 5.82 Å². The molecule has 13 heavy (non-hydrogen) atoms. The Morgan fingerprint density at radius 3 is 2.46 bits per heavy atom. The maximum atomic E-state index is 13.0. The number of hydrogen-bond donors (Lipinski definition) is 1. The van der Waals surface area contributed by atoms with Crippen molar-refractivity contribution in [1.29, 1.82) is 0 Å². The van der Waals surface area contributed by atoms with Crippen molar-refractivity contribution in [3.8, 4) is 0 Å². The number of alkyl halides is 2. The zero-order chi connectivity index (χ0) is 10.1. The van der Waals surface area contributed by atoms with Crippen LogP contribution >= 0.6 is 11.6 Å². The summed E-state index contributed by atoms with van der Waals surface area (Å²) in [4.78, 5) is 0. The van der Waals surface area contributed by atoms with Crippen LogP contribution in [0.1, 0.15) is 5.56 Å². The second kappa shape index (κ2) is 3.55. The van der Waals surface area contributed by atoms with Gasteiger partial charge >= 0.3 is 0 Å². The third-order valence-corrected chi connectivity index (χ3v) is 1.90. The standard InChI is InChI=1S/C8H7ClF3N/c9-5-2-1-3-6(10)7(5)8(11,12)4-13/h1-3H,4,13H2. The Kier molecular flexibility index (Phi) is 2.83. The third kappa shape index (κ3) is 1.95. The van der Waals surface area contributed by atoms with Crippen LogP contribution in [0.4, 0.5) is 13.2 Å². The predicted octanol–water partition coefficient (Wildman–Crippen LogP) is 2.53. The fourth-order valence-corrected chi connectivity index (χ4v) is 1.25. The van der Waals surface area contributed by atoms with Crippen LogP contribution in [0.2, 0.25) is 5.02 Å². The predicted molar refractivity (Wildman–Crippen MR) is 44.4 cm³/mol. The Labute approximate surface area is 78.3 Å². The fourth-order valence-electron chi connectivity index (χ4n) is 0.949. The zero-order valence-corrected chi connectivity index (χ0v) is 7.28. The van der Waals surface area contributed by atoms with E-state index in [-0.39, 0.29) is 5.02 Å². The van der Waals surface area contributed by atoms with E-state index in [0.29, 0.717) is 0 Å². The highest BCUT2D eigenvalue weighted by Gasteiger charge is 2.34. The Balaban J connectivity index is 3.28. The first kappa shape index (κ1) is 10.3. The monoisotopic (exact) mass is 209 g/mol. The van der Waals surface area contributed by atoms with Gasteiger partial charge in [0, 0.05) is 0 Å². The van der Waals surface area contributed by atoms with Crippen LogP contribution < -0.4 is 5.73 Å². The largest absolute Gasteiger partial charge is 0.325 e. The van der Waals surface area contributed by atoms with Crippen LogP contribution in [0, 0.1) is 5.82 Å². The van der Waals surface area contributed by atoms with E-state index in [2.05, 4.69) is 0 Å².